The highest BCUT2D eigenvalue weighted by Crippen LogP contribution is 2.60. The molecule has 0 spiro atoms. The maximum absolute atomic E-state index is 9.94. The van der Waals surface area contributed by atoms with Crippen molar-refractivity contribution in [3.63, 3.8) is 0 Å². The van der Waals surface area contributed by atoms with Gasteiger partial charge in [0.2, 0.25) is 0 Å². The van der Waals surface area contributed by atoms with Crippen LogP contribution in [0.3, 0.4) is 0 Å². The fourth-order valence-electron chi connectivity index (χ4n) is 11.5. The van der Waals surface area contributed by atoms with E-state index in [1.807, 2.05) is 23.1 Å². The smallest absolute Gasteiger partial charge is 0.0645 e. The lowest BCUT2D eigenvalue weighted by Gasteiger charge is -2.41. The van der Waals surface area contributed by atoms with Gasteiger partial charge >= 0.3 is 0 Å². The second-order valence-corrected chi connectivity index (χ2v) is 18.4. The number of hydrogen-bond donors (Lipinski definition) is 0. The van der Waals surface area contributed by atoms with Crippen molar-refractivity contribution in [1.82, 2.24) is 0 Å². The third kappa shape index (κ3) is 7.08. The van der Waals surface area contributed by atoms with Gasteiger partial charge in [-0.25, -0.2) is 0 Å². The van der Waals surface area contributed by atoms with E-state index in [-0.39, 0.29) is 58.4 Å². The molecule has 1 heteroatoms. The van der Waals surface area contributed by atoms with Crippen LogP contribution in [0.15, 0.2) is 285 Å². The van der Waals surface area contributed by atoms with Crippen molar-refractivity contribution in [2.45, 2.75) is 23.8 Å². The van der Waals surface area contributed by atoms with Gasteiger partial charge in [0.05, 0.1) is 22.4 Å². The highest BCUT2D eigenvalue weighted by atomic mass is 15.2. The summed E-state index contributed by atoms with van der Waals surface area (Å²) in [6.07, 6.45) is 13.4. The predicted molar refractivity (Wildman–Crippen MR) is 295 cm³/mol. The fraction of sp³-hybridized carbons (Fsp3) is 0.0725. The van der Waals surface area contributed by atoms with E-state index >= 15 is 0 Å². The van der Waals surface area contributed by atoms with E-state index in [0.717, 1.165) is 33.4 Å². The Labute approximate surface area is 422 Å². The zero-order valence-electron chi connectivity index (χ0n) is 46.3. The summed E-state index contributed by atoms with van der Waals surface area (Å²) in [4.78, 5) is 1.95. The largest absolute Gasteiger partial charge is 0.335 e. The molecule has 0 saturated carbocycles. The van der Waals surface area contributed by atoms with Crippen molar-refractivity contribution >= 4 is 32.8 Å². The van der Waals surface area contributed by atoms with Gasteiger partial charge in [0.25, 0.3) is 0 Å². The quantitative estimate of drug-likeness (QED) is 0.131. The summed E-state index contributed by atoms with van der Waals surface area (Å²) in [5, 5.41) is 4.81. The highest BCUT2D eigenvalue weighted by molar-refractivity contribution is 6.13. The Morgan fingerprint density at radius 3 is 1.69 bits per heavy atom. The summed E-state index contributed by atoms with van der Waals surface area (Å²) in [5.41, 5.74) is 9.17. The van der Waals surface area contributed by atoms with E-state index in [1.165, 1.54) is 32.7 Å². The van der Waals surface area contributed by atoms with Crippen LogP contribution in [0, 0.1) is 5.92 Å². The Morgan fingerprint density at radius 2 is 1.01 bits per heavy atom. The van der Waals surface area contributed by atoms with Crippen LogP contribution in [0.1, 0.15) is 51.1 Å². The number of hydrogen-bond acceptors (Lipinski definition) is 1. The number of benzene rings is 10. The van der Waals surface area contributed by atoms with Crippen molar-refractivity contribution in [3.05, 3.63) is 312 Å². The maximum atomic E-state index is 9.94. The van der Waals surface area contributed by atoms with E-state index in [1.54, 1.807) is 24.3 Å². The van der Waals surface area contributed by atoms with Crippen LogP contribution in [0.4, 0.5) is 5.69 Å². The minimum Gasteiger partial charge on any atom is -0.335 e. The number of anilines is 1. The molecule has 0 aromatic heterocycles. The second kappa shape index (κ2) is 17.5. The average Bonchev–Trinajstić information content (AvgIpc) is 4.02. The topological polar surface area (TPSA) is 3.24 Å². The zero-order valence-corrected chi connectivity index (χ0v) is 38.3. The maximum Gasteiger partial charge on any atom is 0.0645 e. The van der Waals surface area contributed by atoms with Gasteiger partial charge in [0.15, 0.2) is 0 Å². The Bertz CT molecular complexity index is 4070. The molecule has 0 fully saturated rings. The summed E-state index contributed by atoms with van der Waals surface area (Å²) in [6.45, 7) is 0. The Hall–Kier alpha value is -8.52. The standard InChI is InChI=1S/C69H51N/c1-4-16-48(17-5-1)49-28-30-50(31-29-49)52-36-40-58(41-37-52)70(60-44-45-65-64-26-14-15-27-67(64)69(68(65)47-60,56-19-6-2-7-20-56)57-21-8-3-9-22-57)59-42-38-53(39-43-59)51-32-34-54(35-33-51)66-46-55-18-10-11-23-61(55)62-24-12-13-25-63(62)66/h1-42,44-47,59,65,68H,43H2/i28D,29D,30D,31D,36D,37D,40D,41D. The van der Waals surface area contributed by atoms with Crippen molar-refractivity contribution < 1.29 is 11.0 Å². The van der Waals surface area contributed by atoms with Crippen LogP contribution in [0.2, 0.25) is 0 Å². The number of fused-ring (bicyclic) bond motifs is 6. The summed E-state index contributed by atoms with van der Waals surface area (Å²) in [5.74, 6) is -0.218. The van der Waals surface area contributed by atoms with Crippen molar-refractivity contribution in [1.29, 1.82) is 0 Å². The van der Waals surface area contributed by atoms with Gasteiger partial charge < -0.3 is 4.90 Å². The molecule has 0 bridgehead atoms. The molecule has 0 heterocycles. The molecule has 3 unspecified atom stereocenters. The van der Waals surface area contributed by atoms with E-state index < -0.39 is 35.6 Å². The van der Waals surface area contributed by atoms with E-state index in [0.29, 0.717) is 17.7 Å². The van der Waals surface area contributed by atoms with Crippen LogP contribution in [-0.2, 0) is 5.41 Å². The fourth-order valence-corrected chi connectivity index (χ4v) is 11.5. The molecule has 10 aromatic carbocycles. The second-order valence-electron chi connectivity index (χ2n) is 18.4. The van der Waals surface area contributed by atoms with Crippen molar-refractivity contribution in [2.75, 3.05) is 4.90 Å². The monoisotopic (exact) mass is 901 g/mol. The Balaban J connectivity index is 0.949. The SMILES string of the molecule is [2H]c1c([2H])c(-c2c([2H])c([2H])c(N(C3=CC4C(C=C3)c3ccccc3C4(c3ccccc3)c3ccccc3)C3C=CC(c4ccc(-c5cc6ccccc6c6ccccc56)cc4)=CC3)c([2H])c2[2H])c([2H])c([2H])c1-c1ccccc1. The molecule has 13 rings (SSSR count). The van der Waals surface area contributed by atoms with E-state index in [4.69, 9.17) is 2.74 Å². The molecule has 3 aliphatic carbocycles. The van der Waals surface area contributed by atoms with Crippen LogP contribution in [0.25, 0.3) is 60.5 Å². The van der Waals surface area contributed by atoms with Gasteiger partial charge in [-0.05, 0) is 119 Å². The van der Waals surface area contributed by atoms with Gasteiger partial charge in [-0.3, -0.25) is 0 Å². The third-order valence-electron chi connectivity index (χ3n) is 14.7. The molecule has 10 aromatic rings. The molecular weight excluding hydrogens is 843 g/mol. The van der Waals surface area contributed by atoms with E-state index in [9.17, 15) is 8.22 Å². The molecular formula is C69H51N. The first-order valence-electron chi connectivity index (χ1n) is 28.1. The molecule has 0 N–H and O–H groups in total. The summed E-state index contributed by atoms with van der Waals surface area (Å²) < 4.78 is 76.0. The minimum atomic E-state index is -0.645. The predicted octanol–water partition coefficient (Wildman–Crippen LogP) is 17.4. The van der Waals surface area contributed by atoms with Gasteiger partial charge in [-0.1, -0.05) is 255 Å². The third-order valence-corrected chi connectivity index (χ3v) is 14.7. The first-order chi connectivity index (χ1) is 38.1. The first kappa shape index (κ1) is 33.9. The van der Waals surface area contributed by atoms with Gasteiger partial charge in [0.1, 0.15) is 0 Å². The Kier molecular flexibility index (Phi) is 8.48. The van der Waals surface area contributed by atoms with Gasteiger partial charge in [0, 0.05) is 23.2 Å². The lowest BCUT2D eigenvalue weighted by atomic mass is 9.63. The van der Waals surface area contributed by atoms with Gasteiger partial charge in [-0.2, -0.15) is 0 Å². The molecule has 0 aliphatic heterocycles. The van der Waals surface area contributed by atoms with Crippen LogP contribution < -0.4 is 4.90 Å². The van der Waals surface area contributed by atoms with Crippen LogP contribution >= 0.6 is 0 Å². The minimum absolute atomic E-state index is 0.0362. The first-order valence-corrected chi connectivity index (χ1v) is 24.1. The van der Waals surface area contributed by atoms with Gasteiger partial charge in [-0.15, -0.1) is 0 Å². The summed E-state index contributed by atoms with van der Waals surface area (Å²) >= 11 is 0. The lowest BCUT2D eigenvalue weighted by molar-refractivity contribution is 0.452. The molecule has 3 aliphatic rings. The average molecular weight is 902 g/mol. The molecule has 70 heavy (non-hydrogen) atoms. The summed E-state index contributed by atoms with van der Waals surface area (Å²) in [6, 6.07) is 63.0. The molecule has 332 valence electrons. The number of nitrogens with zero attached hydrogens (tertiary/aromatic N) is 1. The lowest BCUT2D eigenvalue weighted by Crippen LogP contribution is -2.38. The molecule has 0 amide bonds. The molecule has 1 nitrogen and oxygen atoms in total. The molecule has 0 saturated heterocycles. The zero-order chi connectivity index (χ0) is 53.4. The van der Waals surface area contributed by atoms with Crippen molar-refractivity contribution in [2.24, 2.45) is 5.92 Å². The van der Waals surface area contributed by atoms with E-state index in [2.05, 4.69) is 188 Å². The highest BCUT2D eigenvalue weighted by Gasteiger charge is 2.53. The van der Waals surface area contributed by atoms with Crippen molar-refractivity contribution in [3.8, 4) is 33.4 Å². The number of rotatable bonds is 9. The van der Waals surface area contributed by atoms with Crippen LogP contribution in [-0.4, -0.2) is 6.04 Å². The number of allylic oxidation sites excluding steroid dienone is 5. The Morgan fingerprint density at radius 1 is 0.457 bits per heavy atom. The summed E-state index contributed by atoms with van der Waals surface area (Å²) in [7, 11) is 0. The molecule has 3 atom stereocenters. The normalized spacial score (nSPS) is 19.3. The molecule has 0 radical (unpaired) electrons. The van der Waals surface area contributed by atoms with Crippen LogP contribution in [0.5, 0.6) is 0 Å².